The number of nitrogens with zero attached hydrogens (tertiary/aromatic N) is 2. The van der Waals surface area contributed by atoms with E-state index in [2.05, 4.69) is 20.8 Å². The number of rotatable bonds is 10. The first-order valence-electron chi connectivity index (χ1n) is 9.76. The van der Waals surface area contributed by atoms with Crippen LogP contribution in [0.15, 0.2) is 53.3 Å². The molecule has 0 fully saturated rings. The van der Waals surface area contributed by atoms with E-state index in [-0.39, 0.29) is 12.0 Å². The highest BCUT2D eigenvalue weighted by Crippen LogP contribution is 2.15. The van der Waals surface area contributed by atoms with Crippen LogP contribution in [0.2, 0.25) is 0 Å². The van der Waals surface area contributed by atoms with Gasteiger partial charge in [-0.2, -0.15) is 0 Å². The zero-order valence-electron chi connectivity index (χ0n) is 17.3. The normalized spacial score (nSPS) is 11.5. The molecule has 0 bridgehead atoms. The SMILES string of the molecule is CNc1cccc(CCOc2ccc(C[C@H](NC(=O)c3conc3C)C(=O)O)cc2)n1. The van der Waals surface area contributed by atoms with Crippen LogP contribution in [-0.4, -0.2) is 46.8 Å². The van der Waals surface area contributed by atoms with Gasteiger partial charge in [-0.1, -0.05) is 23.4 Å². The molecule has 0 spiro atoms. The number of nitrogens with one attached hydrogen (secondary N) is 2. The van der Waals surface area contributed by atoms with Gasteiger partial charge in [0.25, 0.3) is 5.91 Å². The molecule has 3 aromatic rings. The van der Waals surface area contributed by atoms with E-state index in [0.29, 0.717) is 24.5 Å². The minimum absolute atomic E-state index is 0.131. The first-order valence-corrected chi connectivity index (χ1v) is 9.76. The summed E-state index contributed by atoms with van der Waals surface area (Å²) in [6.45, 7) is 2.08. The van der Waals surface area contributed by atoms with Crippen LogP contribution in [0.3, 0.4) is 0 Å². The van der Waals surface area contributed by atoms with E-state index in [1.165, 1.54) is 6.26 Å². The third-order valence-corrected chi connectivity index (χ3v) is 4.65. The molecule has 31 heavy (non-hydrogen) atoms. The molecule has 0 aliphatic heterocycles. The largest absolute Gasteiger partial charge is 0.493 e. The highest BCUT2D eigenvalue weighted by molar-refractivity contribution is 5.97. The van der Waals surface area contributed by atoms with Crippen molar-refractivity contribution in [1.82, 2.24) is 15.5 Å². The molecule has 0 unspecified atom stereocenters. The van der Waals surface area contributed by atoms with Crippen LogP contribution in [0.1, 0.15) is 27.3 Å². The number of hydrogen-bond donors (Lipinski definition) is 3. The van der Waals surface area contributed by atoms with Crippen molar-refractivity contribution in [3.05, 3.63) is 71.2 Å². The van der Waals surface area contributed by atoms with Crippen LogP contribution in [-0.2, 0) is 17.6 Å². The smallest absolute Gasteiger partial charge is 0.326 e. The Kier molecular flexibility index (Phi) is 7.21. The van der Waals surface area contributed by atoms with Crippen molar-refractivity contribution >= 4 is 17.7 Å². The number of pyridine rings is 1. The highest BCUT2D eigenvalue weighted by Gasteiger charge is 2.23. The van der Waals surface area contributed by atoms with E-state index < -0.39 is 17.9 Å². The van der Waals surface area contributed by atoms with Crippen molar-refractivity contribution in [3.63, 3.8) is 0 Å². The molecule has 0 aliphatic carbocycles. The summed E-state index contributed by atoms with van der Waals surface area (Å²) in [5, 5.41) is 18.6. The van der Waals surface area contributed by atoms with Crippen molar-refractivity contribution < 1.29 is 24.0 Å². The van der Waals surface area contributed by atoms with Crippen LogP contribution in [0, 0.1) is 6.92 Å². The van der Waals surface area contributed by atoms with Gasteiger partial charge >= 0.3 is 5.97 Å². The average molecular weight is 424 g/mol. The standard InChI is InChI=1S/C22H24N4O5/c1-14-18(13-31-26-14)21(27)25-19(22(28)29)12-15-6-8-17(9-7-15)30-11-10-16-4-3-5-20(23-2)24-16/h3-9,13,19H,10-12H2,1-2H3,(H,23,24)(H,25,27)(H,28,29)/t19-/m0/s1. The molecule has 1 aromatic carbocycles. The van der Waals surface area contributed by atoms with Crippen molar-refractivity contribution in [2.45, 2.75) is 25.8 Å². The molecule has 2 heterocycles. The minimum Gasteiger partial charge on any atom is -0.493 e. The van der Waals surface area contributed by atoms with Crippen molar-refractivity contribution in [2.75, 3.05) is 19.0 Å². The molecule has 9 nitrogen and oxygen atoms in total. The van der Waals surface area contributed by atoms with Gasteiger partial charge in [-0.15, -0.1) is 0 Å². The van der Waals surface area contributed by atoms with Crippen molar-refractivity contribution in [3.8, 4) is 5.75 Å². The Hall–Kier alpha value is -3.88. The van der Waals surface area contributed by atoms with E-state index in [4.69, 9.17) is 9.26 Å². The molecule has 3 rings (SSSR count). The monoisotopic (exact) mass is 424 g/mol. The second-order valence-corrected chi connectivity index (χ2v) is 6.89. The molecule has 162 valence electrons. The van der Waals surface area contributed by atoms with Gasteiger partial charge < -0.3 is 25.0 Å². The van der Waals surface area contributed by atoms with Gasteiger partial charge in [0.1, 0.15) is 29.4 Å². The molecular weight excluding hydrogens is 400 g/mol. The Balaban J connectivity index is 1.53. The number of carboxylic acid groups (broad SMARTS) is 1. The van der Waals surface area contributed by atoms with Crippen LogP contribution in [0.5, 0.6) is 5.75 Å². The molecule has 2 aromatic heterocycles. The predicted octanol–water partition coefficient (Wildman–Crippen LogP) is 2.47. The predicted molar refractivity (Wildman–Crippen MR) is 113 cm³/mol. The number of anilines is 1. The Morgan fingerprint density at radius 3 is 2.61 bits per heavy atom. The van der Waals surface area contributed by atoms with Crippen LogP contribution in [0.25, 0.3) is 0 Å². The molecule has 3 N–H and O–H groups in total. The number of carbonyl (C=O) groups is 2. The minimum atomic E-state index is -1.13. The molecule has 1 atom stereocenters. The topological polar surface area (TPSA) is 127 Å². The Morgan fingerprint density at radius 2 is 1.97 bits per heavy atom. The second-order valence-electron chi connectivity index (χ2n) is 6.89. The van der Waals surface area contributed by atoms with Crippen molar-refractivity contribution in [2.24, 2.45) is 0 Å². The van der Waals surface area contributed by atoms with Crippen LogP contribution >= 0.6 is 0 Å². The fraction of sp³-hybridized carbons (Fsp3) is 0.273. The summed E-state index contributed by atoms with van der Waals surface area (Å²) >= 11 is 0. The Morgan fingerprint density at radius 1 is 1.19 bits per heavy atom. The number of carboxylic acids is 1. The molecular formula is C22H24N4O5. The number of aromatic nitrogens is 2. The fourth-order valence-electron chi connectivity index (χ4n) is 2.94. The number of ether oxygens (including phenoxy) is 1. The van der Waals surface area contributed by atoms with E-state index in [9.17, 15) is 14.7 Å². The summed E-state index contributed by atoms with van der Waals surface area (Å²) in [7, 11) is 1.82. The summed E-state index contributed by atoms with van der Waals surface area (Å²) < 4.78 is 10.5. The van der Waals surface area contributed by atoms with E-state index in [1.807, 2.05) is 25.2 Å². The van der Waals surface area contributed by atoms with Gasteiger partial charge in [-0.05, 0) is 36.8 Å². The number of carbonyl (C=O) groups excluding carboxylic acids is 1. The molecule has 9 heteroatoms. The molecule has 0 aliphatic rings. The number of aliphatic carboxylic acids is 1. The van der Waals surface area contributed by atoms with Gasteiger partial charge in [-0.25, -0.2) is 9.78 Å². The first kappa shape index (κ1) is 21.8. The molecule has 0 saturated heterocycles. The number of hydrogen-bond acceptors (Lipinski definition) is 7. The second kappa shape index (κ2) is 10.2. The molecule has 0 saturated carbocycles. The van der Waals surface area contributed by atoms with Gasteiger partial charge in [0, 0.05) is 25.6 Å². The summed E-state index contributed by atoms with van der Waals surface area (Å²) in [5.41, 5.74) is 2.29. The maximum Gasteiger partial charge on any atom is 0.326 e. The van der Waals surface area contributed by atoms with E-state index >= 15 is 0 Å². The van der Waals surface area contributed by atoms with Gasteiger partial charge in [0.2, 0.25) is 0 Å². The number of amides is 1. The van der Waals surface area contributed by atoms with Gasteiger partial charge in [0.05, 0.1) is 12.3 Å². The quantitative estimate of drug-likeness (QED) is 0.453. The lowest BCUT2D eigenvalue weighted by molar-refractivity contribution is -0.139. The zero-order valence-corrected chi connectivity index (χ0v) is 17.3. The molecule has 1 amide bonds. The first-order chi connectivity index (χ1) is 15.0. The lowest BCUT2D eigenvalue weighted by atomic mass is 10.1. The van der Waals surface area contributed by atoms with Crippen LogP contribution < -0.4 is 15.4 Å². The number of benzene rings is 1. The van der Waals surface area contributed by atoms with Crippen LogP contribution in [0.4, 0.5) is 5.82 Å². The summed E-state index contributed by atoms with van der Waals surface area (Å²) in [4.78, 5) is 28.3. The summed E-state index contributed by atoms with van der Waals surface area (Å²) in [5.74, 6) is -0.188. The fourth-order valence-corrected chi connectivity index (χ4v) is 2.94. The molecule has 0 radical (unpaired) electrons. The zero-order chi connectivity index (χ0) is 22.2. The summed E-state index contributed by atoms with van der Waals surface area (Å²) in [6.07, 6.45) is 1.99. The highest BCUT2D eigenvalue weighted by atomic mass is 16.5. The van der Waals surface area contributed by atoms with E-state index in [0.717, 1.165) is 17.1 Å². The Labute approximate surface area is 179 Å². The van der Waals surface area contributed by atoms with Crippen molar-refractivity contribution in [1.29, 1.82) is 0 Å². The van der Waals surface area contributed by atoms with Gasteiger partial charge in [0.15, 0.2) is 0 Å². The third-order valence-electron chi connectivity index (χ3n) is 4.65. The average Bonchev–Trinajstić information content (AvgIpc) is 3.20. The third kappa shape index (κ3) is 6.05. The van der Waals surface area contributed by atoms with E-state index in [1.54, 1.807) is 31.2 Å². The lowest BCUT2D eigenvalue weighted by Crippen LogP contribution is -2.42. The lowest BCUT2D eigenvalue weighted by Gasteiger charge is -2.14. The number of aryl methyl sites for hydroxylation is 1. The van der Waals surface area contributed by atoms with Gasteiger partial charge in [-0.3, -0.25) is 4.79 Å². The Bertz CT molecular complexity index is 1030. The maximum atomic E-state index is 12.3. The summed E-state index contributed by atoms with van der Waals surface area (Å²) in [6, 6.07) is 11.8. The maximum absolute atomic E-state index is 12.3.